The maximum atomic E-state index is 11.9. The van der Waals surface area contributed by atoms with Crippen molar-refractivity contribution in [1.29, 1.82) is 0 Å². The molecule has 0 aromatic heterocycles. The molecule has 1 atom stereocenters. The lowest BCUT2D eigenvalue weighted by Gasteiger charge is -2.39. The molecule has 1 aliphatic heterocycles. The number of rotatable bonds is 8. The number of para-hydroxylation sites is 1. The SMILES string of the molecule is CCCC(=O)NCC(c1ccccc1OC)N1CCN(CC)CC1. The van der Waals surface area contributed by atoms with E-state index in [2.05, 4.69) is 28.1 Å². The summed E-state index contributed by atoms with van der Waals surface area (Å²) in [5.74, 6) is 1.02. The van der Waals surface area contributed by atoms with E-state index in [-0.39, 0.29) is 11.9 Å². The van der Waals surface area contributed by atoms with E-state index < -0.39 is 0 Å². The maximum absolute atomic E-state index is 11.9. The first-order valence-corrected chi connectivity index (χ1v) is 9.05. The molecule has 0 aliphatic carbocycles. The third-order valence-corrected chi connectivity index (χ3v) is 4.76. The minimum Gasteiger partial charge on any atom is -0.496 e. The summed E-state index contributed by atoms with van der Waals surface area (Å²) < 4.78 is 5.56. The second-order valence-electron chi connectivity index (χ2n) is 6.28. The van der Waals surface area contributed by atoms with Crippen LogP contribution in [0.25, 0.3) is 0 Å². The van der Waals surface area contributed by atoms with E-state index in [1.165, 1.54) is 0 Å². The van der Waals surface area contributed by atoms with Crippen LogP contribution in [0.1, 0.15) is 38.3 Å². The number of nitrogens with zero attached hydrogens (tertiary/aromatic N) is 2. The van der Waals surface area contributed by atoms with Gasteiger partial charge in [-0.05, 0) is 19.0 Å². The van der Waals surface area contributed by atoms with Crippen LogP contribution in [-0.2, 0) is 4.79 Å². The molecule has 1 unspecified atom stereocenters. The summed E-state index contributed by atoms with van der Waals surface area (Å²) in [5.41, 5.74) is 1.15. The molecule has 24 heavy (non-hydrogen) atoms. The van der Waals surface area contributed by atoms with E-state index in [1.807, 2.05) is 25.1 Å². The highest BCUT2D eigenvalue weighted by molar-refractivity contribution is 5.75. The van der Waals surface area contributed by atoms with Crippen molar-refractivity contribution < 1.29 is 9.53 Å². The highest BCUT2D eigenvalue weighted by atomic mass is 16.5. The summed E-state index contributed by atoms with van der Waals surface area (Å²) in [6.45, 7) is 10.1. The largest absolute Gasteiger partial charge is 0.496 e. The molecule has 1 aromatic rings. The zero-order valence-electron chi connectivity index (χ0n) is 15.3. The number of carbonyl (C=O) groups excluding carboxylic acids is 1. The number of methoxy groups -OCH3 is 1. The molecular weight excluding hydrogens is 302 g/mol. The molecule has 5 heteroatoms. The predicted molar refractivity (Wildman–Crippen MR) is 97.3 cm³/mol. The smallest absolute Gasteiger partial charge is 0.220 e. The molecule has 1 saturated heterocycles. The van der Waals surface area contributed by atoms with Crippen molar-refractivity contribution in [3.05, 3.63) is 29.8 Å². The highest BCUT2D eigenvalue weighted by Gasteiger charge is 2.26. The van der Waals surface area contributed by atoms with Gasteiger partial charge in [0.05, 0.1) is 13.2 Å². The Labute approximate surface area is 146 Å². The molecule has 0 spiro atoms. The quantitative estimate of drug-likeness (QED) is 0.793. The van der Waals surface area contributed by atoms with Crippen LogP contribution in [0, 0.1) is 0 Å². The van der Waals surface area contributed by atoms with Crippen molar-refractivity contribution in [3.63, 3.8) is 0 Å². The van der Waals surface area contributed by atoms with E-state index in [4.69, 9.17) is 4.74 Å². The summed E-state index contributed by atoms with van der Waals surface area (Å²) >= 11 is 0. The number of carbonyl (C=O) groups is 1. The van der Waals surface area contributed by atoms with Gasteiger partial charge in [-0.25, -0.2) is 0 Å². The van der Waals surface area contributed by atoms with Gasteiger partial charge >= 0.3 is 0 Å². The number of hydrogen-bond donors (Lipinski definition) is 1. The van der Waals surface area contributed by atoms with Gasteiger partial charge in [-0.2, -0.15) is 0 Å². The van der Waals surface area contributed by atoms with Crippen molar-refractivity contribution >= 4 is 5.91 Å². The second-order valence-corrected chi connectivity index (χ2v) is 6.28. The first-order valence-electron chi connectivity index (χ1n) is 9.05. The van der Waals surface area contributed by atoms with E-state index in [0.29, 0.717) is 13.0 Å². The van der Waals surface area contributed by atoms with E-state index >= 15 is 0 Å². The average molecular weight is 333 g/mol. The van der Waals surface area contributed by atoms with Crippen LogP contribution in [-0.4, -0.2) is 62.1 Å². The molecule has 1 aliphatic rings. The summed E-state index contributed by atoms with van der Waals surface area (Å²) in [7, 11) is 1.71. The minimum absolute atomic E-state index is 0.129. The average Bonchev–Trinajstić information content (AvgIpc) is 2.63. The Morgan fingerprint density at radius 3 is 2.54 bits per heavy atom. The number of ether oxygens (including phenoxy) is 1. The van der Waals surface area contributed by atoms with Gasteiger partial charge in [0.25, 0.3) is 0 Å². The van der Waals surface area contributed by atoms with E-state index in [1.54, 1.807) is 7.11 Å². The van der Waals surface area contributed by atoms with Crippen LogP contribution >= 0.6 is 0 Å². The topological polar surface area (TPSA) is 44.8 Å². The van der Waals surface area contributed by atoms with Gasteiger partial charge in [0, 0.05) is 44.7 Å². The third kappa shape index (κ3) is 4.95. The highest BCUT2D eigenvalue weighted by Crippen LogP contribution is 2.29. The van der Waals surface area contributed by atoms with E-state index in [9.17, 15) is 4.79 Å². The van der Waals surface area contributed by atoms with Crippen molar-refractivity contribution in [2.45, 2.75) is 32.7 Å². The van der Waals surface area contributed by atoms with Crippen molar-refractivity contribution in [2.24, 2.45) is 0 Å². The molecule has 1 fully saturated rings. The van der Waals surface area contributed by atoms with Gasteiger partial charge in [-0.3, -0.25) is 9.69 Å². The fourth-order valence-corrected chi connectivity index (χ4v) is 3.29. The molecule has 1 aromatic carbocycles. The van der Waals surface area contributed by atoms with Crippen molar-refractivity contribution in [1.82, 2.24) is 15.1 Å². The zero-order valence-corrected chi connectivity index (χ0v) is 15.3. The Morgan fingerprint density at radius 2 is 1.92 bits per heavy atom. The first kappa shape index (κ1) is 18.7. The normalized spacial score (nSPS) is 17.5. The number of nitrogens with one attached hydrogen (secondary N) is 1. The van der Waals surface area contributed by atoms with Crippen LogP contribution in [0.4, 0.5) is 0 Å². The third-order valence-electron chi connectivity index (χ3n) is 4.76. The minimum atomic E-state index is 0.129. The molecule has 0 saturated carbocycles. The number of amides is 1. The monoisotopic (exact) mass is 333 g/mol. The molecule has 1 heterocycles. The molecule has 0 bridgehead atoms. The molecular formula is C19H31N3O2. The first-order chi connectivity index (χ1) is 11.7. The Kier molecular flexibility index (Phi) is 7.53. The molecule has 134 valence electrons. The summed E-state index contributed by atoms with van der Waals surface area (Å²) in [6, 6.07) is 8.30. The van der Waals surface area contributed by atoms with Gasteiger partial charge in [-0.15, -0.1) is 0 Å². The molecule has 2 rings (SSSR count). The lowest BCUT2D eigenvalue weighted by atomic mass is 10.0. The predicted octanol–water partition coefficient (Wildman–Crippen LogP) is 2.29. The van der Waals surface area contributed by atoms with Crippen LogP contribution in [0.5, 0.6) is 5.75 Å². The second kappa shape index (κ2) is 9.64. The fraction of sp³-hybridized carbons (Fsp3) is 0.632. The molecule has 1 N–H and O–H groups in total. The van der Waals surface area contributed by atoms with Gasteiger partial charge in [-0.1, -0.05) is 32.0 Å². The number of piperazine rings is 1. The van der Waals surface area contributed by atoms with Gasteiger partial charge < -0.3 is 15.0 Å². The number of hydrogen-bond acceptors (Lipinski definition) is 4. The zero-order chi connectivity index (χ0) is 17.4. The van der Waals surface area contributed by atoms with Gasteiger partial charge in [0.1, 0.15) is 5.75 Å². The lowest BCUT2D eigenvalue weighted by molar-refractivity contribution is -0.121. The Morgan fingerprint density at radius 1 is 1.21 bits per heavy atom. The summed E-state index contributed by atoms with van der Waals surface area (Å²) in [5, 5.41) is 3.11. The van der Waals surface area contributed by atoms with Crippen LogP contribution in [0.15, 0.2) is 24.3 Å². The maximum Gasteiger partial charge on any atom is 0.220 e. The summed E-state index contributed by atoms with van der Waals surface area (Å²) in [4.78, 5) is 16.9. The molecule has 1 amide bonds. The van der Waals surface area contributed by atoms with Crippen LogP contribution in [0.3, 0.4) is 0 Å². The van der Waals surface area contributed by atoms with Gasteiger partial charge in [0.2, 0.25) is 5.91 Å². The Hall–Kier alpha value is -1.59. The number of likely N-dealkylation sites (N-methyl/N-ethyl adjacent to an activating group) is 1. The van der Waals surface area contributed by atoms with E-state index in [0.717, 1.165) is 50.5 Å². The standard InChI is InChI=1S/C19H31N3O2/c1-4-8-19(23)20-15-17(16-9-6-7-10-18(16)24-3)22-13-11-21(5-2)12-14-22/h6-7,9-10,17H,4-5,8,11-15H2,1-3H3,(H,20,23). The Balaban J connectivity index is 2.13. The fourth-order valence-electron chi connectivity index (χ4n) is 3.29. The number of benzene rings is 1. The lowest BCUT2D eigenvalue weighted by Crippen LogP contribution is -2.49. The van der Waals surface area contributed by atoms with Crippen LogP contribution in [0.2, 0.25) is 0 Å². The van der Waals surface area contributed by atoms with Crippen LogP contribution < -0.4 is 10.1 Å². The van der Waals surface area contributed by atoms with Gasteiger partial charge in [0.15, 0.2) is 0 Å². The molecule has 0 radical (unpaired) electrons. The molecule has 5 nitrogen and oxygen atoms in total. The van der Waals surface area contributed by atoms with Crippen molar-refractivity contribution in [3.8, 4) is 5.75 Å². The summed E-state index contributed by atoms with van der Waals surface area (Å²) in [6.07, 6.45) is 1.46. The van der Waals surface area contributed by atoms with Crippen molar-refractivity contribution in [2.75, 3.05) is 46.4 Å². The Bertz CT molecular complexity index is 513.